The SMILES string of the molecule is CC(=O)Nc1ccc2ccc3ccc4ccccc4c3c2c1. The predicted molar refractivity (Wildman–Crippen MR) is 93.3 cm³/mol. The van der Waals surface area contributed by atoms with E-state index in [1.807, 2.05) is 6.07 Å². The van der Waals surface area contributed by atoms with Crippen LogP contribution in [0.25, 0.3) is 32.3 Å². The van der Waals surface area contributed by atoms with Crippen LogP contribution in [0.3, 0.4) is 0 Å². The van der Waals surface area contributed by atoms with Crippen LogP contribution in [-0.4, -0.2) is 5.91 Å². The van der Waals surface area contributed by atoms with Gasteiger partial charge in [0.1, 0.15) is 0 Å². The quantitative estimate of drug-likeness (QED) is 0.484. The molecular formula is C20H15NO. The molecular weight excluding hydrogens is 270 g/mol. The van der Waals surface area contributed by atoms with Crippen molar-refractivity contribution in [3.8, 4) is 0 Å². The number of rotatable bonds is 1. The van der Waals surface area contributed by atoms with E-state index in [0.29, 0.717) is 0 Å². The lowest BCUT2D eigenvalue weighted by molar-refractivity contribution is -0.114. The molecule has 4 aromatic rings. The number of amides is 1. The van der Waals surface area contributed by atoms with Gasteiger partial charge >= 0.3 is 0 Å². The Labute approximate surface area is 128 Å². The first-order valence-electron chi connectivity index (χ1n) is 7.34. The maximum absolute atomic E-state index is 11.3. The summed E-state index contributed by atoms with van der Waals surface area (Å²) in [5, 5.41) is 10.1. The molecule has 0 saturated heterocycles. The minimum Gasteiger partial charge on any atom is -0.326 e. The van der Waals surface area contributed by atoms with Gasteiger partial charge in [0.25, 0.3) is 0 Å². The van der Waals surface area contributed by atoms with Gasteiger partial charge in [0.2, 0.25) is 5.91 Å². The second-order valence-corrected chi connectivity index (χ2v) is 5.57. The van der Waals surface area contributed by atoms with Gasteiger partial charge in [-0.25, -0.2) is 0 Å². The molecule has 0 heterocycles. The molecule has 0 fully saturated rings. The van der Waals surface area contributed by atoms with Crippen molar-refractivity contribution < 1.29 is 4.79 Å². The molecule has 2 nitrogen and oxygen atoms in total. The van der Waals surface area contributed by atoms with E-state index in [4.69, 9.17) is 0 Å². The van der Waals surface area contributed by atoms with Crippen molar-refractivity contribution in [2.45, 2.75) is 6.92 Å². The molecule has 0 unspecified atom stereocenters. The maximum atomic E-state index is 11.3. The monoisotopic (exact) mass is 285 g/mol. The summed E-state index contributed by atoms with van der Waals surface area (Å²) in [5.74, 6) is -0.0514. The molecule has 0 atom stereocenters. The number of hydrogen-bond acceptors (Lipinski definition) is 1. The van der Waals surface area contributed by atoms with Crippen LogP contribution in [0, 0.1) is 0 Å². The van der Waals surface area contributed by atoms with Crippen molar-refractivity contribution in [3.05, 3.63) is 66.7 Å². The Kier molecular flexibility index (Phi) is 2.83. The highest BCUT2D eigenvalue weighted by molar-refractivity contribution is 6.20. The van der Waals surface area contributed by atoms with Crippen LogP contribution in [0.5, 0.6) is 0 Å². The van der Waals surface area contributed by atoms with Gasteiger partial charge in [-0.2, -0.15) is 0 Å². The zero-order valence-electron chi connectivity index (χ0n) is 12.3. The van der Waals surface area contributed by atoms with E-state index in [9.17, 15) is 4.79 Å². The normalized spacial score (nSPS) is 11.1. The topological polar surface area (TPSA) is 29.1 Å². The molecule has 0 saturated carbocycles. The Bertz CT molecular complexity index is 1030. The Balaban J connectivity index is 2.15. The minimum absolute atomic E-state index is 0.0514. The summed E-state index contributed by atoms with van der Waals surface area (Å²) in [6.45, 7) is 1.53. The van der Waals surface area contributed by atoms with E-state index < -0.39 is 0 Å². The van der Waals surface area contributed by atoms with Crippen LogP contribution < -0.4 is 5.32 Å². The number of carbonyl (C=O) groups excluding carboxylic acids is 1. The van der Waals surface area contributed by atoms with Gasteiger partial charge in [0.05, 0.1) is 0 Å². The summed E-state index contributed by atoms with van der Waals surface area (Å²) in [5.41, 5.74) is 0.834. The molecule has 4 aromatic carbocycles. The second-order valence-electron chi connectivity index (χ2n) is 5.57. The molecule has 0 bridgehead atoms. The third-order valence-corrected chi connectivity index (χ3v) is 4.05. The first-order chi connectivity index (χ1) is 10.7. The number of carbonyl (C=O) groups is 1. The largest absolute Gasteiger partial charge is 0.326 e. The van der Waals surface area contributed by atoms with E-state index >= 15 is 0 Å². The lowest BCUT2D eigenvalue weighted by Crippen LogP contribution is -2.05. The Morgan fingerprint density at radius 1 is 0.773 bits per heavy atom. The molecule has 0 radical (unpaired) electrons. The van der Waals surface area contributed by atoms with E-state index in [-0.39, 0.29) is 5.91 Å². The highest BCUT2D eigenvalue weighted by Crippen LogP contribution is 2.33. The zero-order valence-corrected chi connectivity index (χ0v) is 12.3. The van der Waals surface area contributed by atoms with E-state index in [1.54, 1.807) is 0 Å². The number of nitrogens with one attached hydrogen (secondary N) is 1. The van der Waals surface area contributed by atoms with Crippen LogP contribution in [0.15, 0.2) is 66.7 Å². The van der Waals surface area contributed by atoms with Gasteiger partial charge in [-0.3, -0.25) is 4.79 Å². The molecule has 0 aliphatic carbocycles. The predicted octanol–water partition coefficient (Wildman–Crippen LogP) is 5.10. The van der Waals surface area contributed by atoms with Crippen molar-refractivity contribution in [2.24, 2.45) is 0 Å². The van der Waals surface area contributed by atoms with Crippen molar-refractivity contribution in [1.82, 2.24) is 0 Å². The molecule has 4 rings (SSSR count). The summed E-state index contributed by atoms with van der Waals surface area (Å²) in [4.78, 5) is 11.3. The van der Waals surface area contributed by atoms with Crippen molar-refractivity contribution >= 4 is 43.9 Å². The second kappa shape index (κ2) is 4.85. The van der Waals surface area contributed by atoms with Gasteiger partial charge in [-0.15, -0.1) is 0 Å². The molecule has 2 heteroatoms. The standard InChI is InChI=1S/C20H15NO/c1-13(22)21-17-11-10-15-7-9-16-8-6-14-4-2-3-5-18(14)20(16)19(15)12-17/h2-12H,1H3,(H,21,22). The number of anilines is 1. The molecule has 0 aromatic heterocycles. The van der Waals surface area contributed by atoms with Crippen molar-refractivity contribution in [2.75, 3.05) is 5.32 Å². The summed E-state index contributed by atoms with van der Waals surface area (Å²) in [6.07, 6.45) is 0. The molecule has 1 N–H and O–H groups in total. The number of fused-ring (bicyclic) bond motifs is 5. The maximum Gasteiger partial charge on any atom is 0.221 e. The molecule has 22 heavy (non-hydrogen) atoms. The third kappa shape index (κ3) is 2.01. The van der Waals surface area contributed by atoms with Gasteiger partial charge in [0.15, 0.2) is 0 Å². The van der Waals surface area contributed by atoms with Crippen molar-refractivity contribution in [1.29, 1.82) is 0 Å². The molecule has 1 amide bonds. The fourth-order valence-corrected chi connectivity index (χ4v) is 3.11. The van der Waals surface area contributed by atoms with E-state index in [2.05, 4.69) is 66.0 Å². The van der Waals surface area contributed by atoms with Crippen LogP contribution in [0.4, 0.5) is 5.69 Å². The summed E-state index contributed by atoms with van der Waals surface area (Å²) >= 11 is 0. The summed E-state index contributed by atoms with van der Waals surface area (Å²) < 4.78 is 0. The molecule has 0 spiro atoms. The first kappa shape index (κ1) is 12.8. The van der Waals surface area contributed by atoms with Crippen LogP contribution >= 0.6 is 0 Å². The molecule has 0 aliphatic rings. The van der Waals surface area contributed by atoms with Crippen LogP contribution in [-0.2, 0) is 4.79 Å². The van der Waals surface area contributed by atoms with Crippen LogP contribution in [0.1, 0.15) is 6.92 Å². The number of hydrogen-bond donors (Lipinski definition) is 1. The molecule has 0 aliphatic heterocycles. The first-order valence-corrected chi connectivity index (χ1v) is 7.34. The van der Waals surface area contributed by atoms with Crippen molar-refractivity contribution in [3.63, 3.8) is 0 Å². The Hall–Kier alpha value is -2.87. The van der Waals surface area contributed by atoms with Gasteiger partial charge in [-0.05, 0) is 44.5 Å². The van der Waals surface area contributed by atoms with Gasteiger partial charge < -0.3 is 5.32 Å². The highest BCUT2D eigenvalue weighted by Gasteiger charge is 2.06. The molecule has 106 valence electrons. The number of benzene rings is 4. The van der Waals surface area contributed by atoms with E-state index in [1.165, 1.54) is 39.2 Å². The fraction of sp³-hybridized carbons (Fsp3) is 0.0500. The van der Waals surface area contributed by atoms with Gasteiger partial charge in [0, 0.05) is 12.6 Å². The zero-order chi connectivity index (χ0) is 15.1. The fourth-order valence-electron chi connectivity index (χ4n) is 3.11. The summed E-state index contributed by atoms with van der Waals surface area (Å²) in [6, 6.07) is 23.1. The highest BCUT2D eigenvalue weighted by atomic mass is 16.1. The van der Waals surface area contributed by atoms with E-state index in [0.717, 1.165) is 5.69 Å². The van der Waals surface area contributed by atoms with Crippen LogP contribution in [0.2, 0.25) is 0 Å². The Morgan fingerprint density at radius 3 is 2.18 bits per heavy atom. The lowest BCUT2D eigenvalue weighted by atomic mass is 9.96. The third-order valence-electron chi connectivity index (χ3n) is 4.05. The average Bonchev–Trinajstić information content (AvgIpc) is 2.53. The lowest BCUT2D eigenvalue weighted by Gasteiger charge is -2.10. The average molecular weight is 285 g/mol. The summed E-state index contributed by atoms with van der Waals surface area (Å²) in [7, 11) is 0. The minimum atomic E-state index is -0.0514. The smallest absolute Gasteiger partial charge is 0.221 e. The Morgan fingerprint density at radius 2 is 1.41 bits per heavy atom. The van der Waals surface area contributed by atoms with Gasteiger partial charge in [-0.1, -0.05) is 54.6 Å².